The van der Waals surface area contributed by atoms with Crippen molar-refractivity contribution >= 4 is 11.8 Å². The van der Waals surface area contributed by atoms with Crippen LogP contribution >= 0.6 is 0 Å². The Morgan fingerprint density at radius 2 is 1.88 bits per heavy atom. The second-order valence-electron chi connectivity index (χ2n) is 5.23. The Hall–Kier alpha value is -3.06. The minimum Gasteiger partial charge on any atom is -0.248 e. The predicted molar refractivity (Wildman–Crippen MR) is 92.3 cm³/mol. The number of hydrogen-bond donors (Lipinski definition) is 1. The van der Waals surface area contributed by atoms with E-state index in [0.29, 0.717) is 11.6 Å². The Morgan fingerprint density at radius 3 is 2.54 bits per heavy atom. The molecule has 2 N–H and O–H groups in total. The van der Waals surface area contributed by atoms with E-state index >= 15 is 0 Å². The first-order chi connectivity index (χ1) is 11.6. The molecule has 0 radical (unpaired) electrons. The molecule has 0 bridgehead atoms. The Labute approximate surface area is 139 Å². The summed E-state index contributed by atoms with van der Waals surface area (Å²) in [4.78, 5) is 25.1. The number of benzene rings is 1. The summed E-state index contributed by atoms with van der Waals surface area (Å²) in [6.07, 6.45) is 2.42. The van der Waals surface area contributed by atoms with E-state index in [1.165, 1.54) is 9.58 Å². The van der Waals surface area contributed by atoms with Crippen LogP contribution in [0.3, 0.4) is 0 Å². The number of nitrogens with two attached hydrogens (primary N) is 1. The van der Waals surface area contributed by atoms with Crippen LogP contribution in [0.5, 0.6) is 0 Å². The van der Waals surface area contributed by atoms with Crippen LogP contribution in [-0.4, -0.2) is 19.5 Å². The molecular formula is C17H18N6O. The number of nitrogens with zero attached hydrogens (tertiary/aromatic N) is 5. The fourth-order valence-corrected chi connectivity index (χ4v) is 2.51. The maximum atomic E-state index is 12.6. The topological polar surface area (TPSA) is 89.9 Å². The van der Waals surface area contributed by atoms with Crippen LogP contribution in [-0.2, 0) is 6.42 Å². The maximum Gasteiger partial charge on any atom is 0.356 e. The number of aryl methyl sites for hydroxylation is 2. The van der Waals surface area contributed by atoms with Gasteiger partial charge in [-0.3, -0.25) is 0 Å². The standard InChI is InChI=1S/C17H18N6O/c1-3-13-8-4-5-9-14(13)22-12(2)20-16(21-17(22)24)23(18)15-10-6-7-11-19-15/h4-11H,3,18H2,1-2H3. The molecule has 0 spiro atoms. The molecule has 0 saturated heterocycles. The normalized spacial score (nSPS) is 10.6. The highest BCUT2D eigenvalue weighted by atomic mass is 16.1. The third kappa shape index (κ3) is 2.89. The van der Waals surface area contributed by atoms with Gasteiger partial charge in [-0.2, -0.15) is 9.97 Å². The summed E-state index contributed by atoms with van der Waals surface area (Å²) < 4.78 is 1.49. The molecule has 3 rings (SSSR count). The molecule has 0 amide bonds. The molecule has 0 saturated carbocycles. The van der Waals surface area contributed by atoms with Gasteiger partial charge in [0, 0.05) is 6.20 Å². The second kappa shape index (κ2) is 6.59. The molecule has 0 atom stereocenters. The summed E-state index contributed by atoms with van der Waals surface area (Å²) in [7, 11) is 0. The number of rotatable bonds is 4. The molecule has 1 aromatic carbocycles. The molecule has 122 valence electrons. The van der Waals surface area contributed by atoms with E-state index in [2.05, 4.69) is 15.0 Å². The van der Waals surface area contributed by atoms with Gasteiger partial charge in [-0.15, -0.1) is 0 Å². The predicted octanol–water partition coefficient (Wildman–Crippen LogP) is 1.91. The average molecular weight is 322 g/mol. The minimum absolute atomic E-state index is 0.112. The number of hydrogen-bond acceptors (Lipinski definition) is 6. The first-order valence-corrected chi connectivity index (χ1v) is 7.63. The van der Waals surface area contributed by atoms with E-state index in [-0.39, 0.29) is 5.95 Å². The first-order valence-electron chi connectivity index (χ1n) is 7.63. The van der Waals surface area contributed by atoms with Gasteiger partial charge in [0.25, 0.3) is 5.95 Å². The van der Waals surface area contributed by atoms with E-state index in [1.54, 1.807) is 31.3 Å². The number of para-hydroxylation sites is 1. The van der Waals surface area contributed by atoms with E-state index in [4.69, 9.17) is 5.84 Å². The van der Waals surface area contributed by atoms with Gasteiger partial charge in [0.05, 0.1) is 5.69 Å². The Balaban J connectivity index is 2.09. The summed E-state index contributed by atoms with van der Waals surface area (Å²) >= 11 is 0. The Kier molecular flexibility index (Phi) is 4.35. The van der Waals surface area contributed by atoms with Gasteiger partial charge in [0.1, 0.15) is 11.6 Å². The molecule has 0 aliphatic carbocycles. The fourth-order valence-electron chi connectivity index (χ4n) is 2.51. The van der Waals surface area contributed by atoms with Crippen molar-refractivity contribution in [3.8, 4) is 5.69 Å². The molecule has 7 heteroatoms. The van der Waals surface area contributed by atoms with E-state index < -0.39 is 5.69 Å². The molecule has 0 fully saturated rings. The first kappa shape index (κ1) is 15.8. The number of pyridine rings is 1. The van der Waals surface area contributed by atoms with Crippen molar-refractivity contribution in [2.24, 2.45) is 5.84 Å². The van der Waals surface area contributed by atoms with E-state index in [0.717, 1.165) is 17.7 Å². The molecule has 0 aliphatic heterocycles. The van der Waals surface area contributed by atoms with Crippen LogP contribution in [0.15, 0.2) is 53.5 Å². The molecule has 7 nitrogen and oxygen atoms in total. The van der Waals surface area contributed by atoms with Crippen LogP contribution in [0.25, 0.3) is 5.69 Å². The number of aromatic nitrogens is 4. The highest BCUT2D eigenvalue weighted by molar-refractivity contribution is 5.50. The van der Waals surface area contributed by atoms with Gasteiger partial charge in [-0.1, -0.05) is 31.2 Å². The van der Waals surface area contributed by atoms with Crippen molar-refractivity contribution in [2.45, 2.75) is 20.3 Å². The van der Waals surface area contributed by atoms with E-state index in [1.807, 2.05) is 31.2 Å². The van der Waals surface area contributed by atoms with Crippen LogP contribution in [0, 0.1) is 6.92 Å². The average Bonchev–Trinajstić information content (AvgIpc) is 2.61. The van der Waals surface area contributed by atoms with Crippen molar-refractivity contribution in [1.82, 2.24) is 19.5 Å². The van der Waals surface area contributed by atoms with Crippen molar-refractivity contribution in [1.29, 1.82) is 0 Å². The summed E-state index contributed by atoms with van der Waals surface area (Å²) in [5, 5.41) is 1.20. The molecule has 24 heavy (non-hydrogen) atoms. The lowest BCUT2D eigenvalue weighted by Crippen LogP contribution is -2.34. The smallest absolute Gasteiger partial charge is 0.248 e. The maximum absolute atomic E-state index is 12.6. The largest absolute Gasteiger partial charge is 0.356 e. The van der Waals surface area contributed by atoms with Gasteiger partial charge in [0.2, 0.25) is 0 Å². The lowest BCUT2D eigenvalue weighted by atomic mass is 10.1. The van der Waals surface area contributed by atoms with Gasteiger partial charge >= 0.3 is 5.69 Å². The zero-order valence-corrected chi connectivity index (χ0v) is 13.5. The zero-order chi connectivity index (χ0) is 17.1. The lowest BCUT2D eigenvalue weighted by Gasteiger charge is -2.17. The van der Waals surface area contributed by atoms with Crippen LogP contribution in [0.4, 0.5) is 11.8 Å². The van der Waals surface area contributed by atoms with Crippen molar-refractivity contribution in [2.75, 3.05) is 5.01 Å². The molecule has 2 heterocycles. The zero-order valence-electron chi connectivity index (χ0n) is 13.5. The Bertz CT molecular complexity index is 906. The molecule has 3 aromatic rings. The molecular weight excluding hydrogens is 304 g/mol. The van der Waals surface area contributed by atoms with Crippen LogP contribution < -0.4 is 16.5 Å². The highest BCUT2D eigenvalue weighted by Gasteiger charge is 2.15. The lowest BCUT2D eigenvalue weighted by molar-refractivity contribution is 0.782. The summed E-state index contributed by atoms with van der Waals surface area (Å²) in [6, 6.07) is 13.0. The molecule has 0 aliphatic rings. The number of anilines is 2. The van der Waals surface area contributed by atoms with Gasteiger partial charge in [0.15, 0.2) is 0 Å². The van der Waals surface area contributed by atoms with Gasteiger partial charge in [-0.25, -0.2) is 25.2 Å². The molecule has 2 aromatic heterocycles. The Morgan fingerprint density at radius 1 is 1.12 bits per heavy atom. The van der Waals surface area contributed by atoms with Crippen molar-refractivity contribution < 1.29 is 0 Å². The monoisotopic (exact) mass is 322 g/mol. The highest BCUT2D eigenvalue weighted by Crippen LogP contribution is 2.17. The minimum atomic E-state index is -0.426. The summed E-state index contributed by atoms with van der Waals surface area (Å²) in [5.41, 5.74) is 1.41. The third-order valence-corrected chi connectivity index (χ3v) is 3.70. The van der Waals surface area contributed by atoms with Crippen molar-refractivity contribution in [3.63, 3.8) is 0 Å². The second-order valence-corrected chi connectivity index (χ2v) is 5.23. The molecule has 0 unspecified atom stereocenters. The van der Waals surface area contributed by atoms with Crippen LogP contribution in [0.1, 0.15) is 18.3 Å². The summed E-state index contributed by atoms with van der Waals surface area (Å²) in [5.74, 6) is 7.08. The number of hydrazine groups is 1. The summed E-state index contributed by atoms with van der Waals surface area (Å²) in [6.45, 7) is 3.79. The fraction of sp³-hybridized carbons (Fsp3) is 0.176. The van der Waals surface area contributed by atoms with Gasteiger partial charge < -0.3 is 0 Å². The quantitative estimate of drug-likeness (QED) is 0.583. The van der Waals surface area contributed by atoms with Crippen molar-refractivity contribution in [3.05, 3.63) is 70.5 Å². The van der Waals surface area contributed by atoms with E-state index in [9.17, 15) is 4.79 Å². The third-order valence-electron chi connectivity index (χ3n) is 3.70. The SMILES string of the molecule is CCc1ccccc1-n1c(C)nc(N(N)c2ccccn2)nc1=O. The van der Waals surface area contributed by atoms with Crippen LogP contribution in [0.2, 0.25) is 0 Å². The van der Waals surface area contributed by atoms with Gasteiger partial charge in [-0.05, 0) is 37.1 Å².